The van der Waals surface area contributed by atoms with Crippen LogP contribution >= 0.6 is 0 Å². The molecule has 3 aromatic rings. The van der Waals surface area contributed by atoms with Crippen molar-refractivity contribution in [3.05, 3.63) is 59.6 Å². The first-order valence-corrected chi connectivity index (χ1v) is 10.3. The number of carbonyl (C=O) groups excluding carboxylic acids is 1. The third-order valence-electron chi connectivity index (χ3n) is 5.36. The van der Waals surface area contributed by atoms with Gasteiger partial charge in [0.15, 0.2) is 0 Å². The van der Waals surface area contributed by atoms with Crippen LogP contribution in [-0.2, 0) is 17.4 Å². The second-order valence-corrected chi connectivity index (χ2v) is 7.65. The van der Waals surface area contributed by atoms with Gasteiger partial charge in [-0.2, -0.15) is 18.2 Å². The molecule has 1 saturated heterocycles. The van der Waals surface area contributed by atoms with E-state index in [9.17, 15) is 18.0 Å². The van der Waals surface area contributed by atoms with Crippen LogP contribution in [-0.4, -0.2) is 52.1 Å². The topological polar surface area (TPSA) is 75.4 Å². The molecular formula is C22H22F3N5O2. The van der Waals surface area contributed by atoms with Crippen LogP contribution in [0.1, 0.15) is 23.4 Å². The highest BCUT2D eigenvalue weighted by molar-refractivity contribution is 5.76. The van der Waals surface area contributed by atoms with Gasteiger partial charge in [0.05, 0.1) is 5.56 Å². The first-order chi connectivity index (χ1) is 15.3. The average Bonchev–Trinajstić information content (AvgIpc) is 3.27. The van der Waals surface area contributed by atoms with Gasteiger partial charge in [-0.15, -0.1) is 0 Å². The Hall–Kier alpha value is -3.43. The molecule has 1 fully saturated rings. The van der Waals surface area contributed by atoms with Crippen LogP contribution in [0.25, 0.3) is 11.4 Å². The van der Waals surface area contributed by atoms with Crippen LogP contribution in [0.5, 0.6) is 0 Å². The highest BCUT2D eigenvalue weighted by atomic mass is 19.4. The van der Waals surface area contributed by atoms with E-state index in [4.69, 9.17) is 4.52 Å². The van der Waals surface area contributed by atoms with Crippen molar-refractivity contribution in [3.63, 3.8) is 0 Å². The molecule has 0 atom stereocenters. The molecule has 4 rings (SSSR count). The number of aryl methyl sites for hydroxylation is 2. The maximum absolute atomic E-state index is 12.7. The molecule has 0 radical (unpaired) electrons. The molecule has 3 heterocycles. The van der Waals surface area contributed by atoms with E-state index in [2.05, 4.69) is 15.1 Å². The lowest BCUT2D eigenvalue weighted by Gasteiger charge is -2.35. The van der Waals surface area contributed by atoms with Crippen LogP contribution < -0.4 is 4.90 Å². The summed E-state index contributed by atoms with van der Waals surface area (Å²) in [5.74, 6) is 1.34. The van der Waals surface area contributed by atoms with Gasteiger partial charge in [-0.25, -0.2) is 4.98 Å². The van der Waals surface area contributed by atoms with Crippen LogP contribution in [0, 0.1) is 6.92 Å². The zero-order valence-electron chi connectivity index (χ0n) is 17.5. The number of benzene rings is 1. The van der Waals surface area contributed by atoms with Gasteiger partial charge in [-0.1, -0.05) is 35.0 Å². The molecule has 168 valence electrons. The van der Waals surface area contributed by atoms with Crippen molar-refractivity contribution in [3.8, 4) is 11.4 Å². The van der Waals surface area contributed by atoms with Crippen molar-refractivity contribution >= 4 is 11.7 Å². The summed E-state index contributed by atoms with van der Waals surface area (Å²) in [6.45, 7) is 3.95. The summed E-state index contributed by atoms with van der Waals surface area (Å²) in [5, 5.41) is 3.98. The molecule has 0 N–H and O–H groups in total. The van der Waals surface area contributed by atoms with Gasteiger partial charge in [-0.3, -0.25) is 4.79 Å². The zero-order chi connectivity index (χ0) is 22.7. The van der Waals surface area contributed by atoms with Crippen molar-refractivity contribution in [1.29, 1.82) is 0 Å². The van der Waals surface area contributed by atoms with Crippen molar-refractivity contribution < 1.29 is 22.5 Å². The fourth-order valence-corrected chi connectivity index (χ4v) is 3.47. The molecule has 32 heavy (non-hydrogen) atoms. The normalized spacial score (nSPS) is 14.6. The Kier molecular flexibility index (Phi) is 6.11. The van der Waals surface area contributed by atoms with E-state index in [1.54, 1.807) is 4.90 Å². The molecule has 0 saturated carbocycles. The quantitative estimate of drug-likeness (QED) is 0.596. The SMILES string of the molecule is Cc1ccc(-c2noc(CCC(=O)N3CCN(c4ccc(C(F)(F)F)cn4)CC3)n2)cc1. The third kappa shape index (κ3) is 5.06. The smallest absolute Gasteiger partial charge is 0.353 e. The lowest BCUT2D eigenvalue weighted by atomic mass is 10.1. The Morgan fingerprint density at radius 3 is 2.41 bits per heavy atom. The minimum atomic E-state index is -4.41. The maximum Gasteiger partial charge on any atom is 0.417 e. The number of carbonyl (C=O) groups is 1. The summed E-state index contributed by atoms with van der Waals surface area (Å²) < 4.78 is 43.3. The van der Waals surface area contributed by atoms with Gasteiger partial charge in [0.25, 0.3) is 0 Å². The largest absolute Gasteiger partial charge is 0.417 e. The number of amides is 1. The lowest BCUT2D eigenvalue weighted by Crippen LogP contribution is -2.49. The molecule has 1 amide bonds. The highest BCUT2D eigenvalue weighted by Gasteiger charge is 2.31. The van der Waals surface area contributed by atoms with Gasteiger partial charge in [-0.05, 0) is 19.1 Å². The number of piperazine rings is 1. The highest BCUT2D eigenvalue weighted by Crippen LogP contribution is 2.29. The summed E-state index contributed by atoms with van der Waals surface area (Å²) in [6.07, 6.45) is -2.98. The van der Waals surface area contributed by atoms with Crippen molar-refractivity contribution in [2.75, 3.05) is 31.1 Å². The Labute approximate surface area is 182 Å². The number of rotatable bonds is 5. The van der Waals surface area contributed by atoms with Crippen molar-refractivity contribution in [2.45, 2.75) is 25.9 Å². The monoisotopic (exact) mass is 445 g/mol. The number of nitrogens with zero attached hydrogens (tertiary/aromatic N) is 5. The first-order valence-electron chi connectivity index (χ1n) is 10.3. The molecule has 10 heteroatoms. The summed E-state index contributed by atoms with van der Waals surface area (Å²) in [4.78, 5) is 24.4. The van der Waals surface area contributed by atoms with Crippen LogP contribution in [0.4, 0.5) is 19.0 Å². The molecule has 0 unspecified atom stereocenters. The Bertz CT molecular complexity index is 1060. The Morgan fingerprint density at radius 2 is 1.78 bits per heavy atom. The minimum absolute atomic E-state index is 0.0277. The average molecular weight is 445 g/mol. The zero-order valence-corrected chi connectivity index (χ0v) is 17.5. The summed E-state index contributed by atoms with van der Waals surface area (Å²) >= 11 is 0. The fourth-order valence-electron chi connectivity index (χ4n) is 3.47. The van der Waals surface area contributed by atoms with E-state index >= 15 is 0 Å². The summed E-state index contributed by atoms with van der Waals surface area (Å²) in [6, 6.07) is 10.2. The van der Waals surface area contributed by atoms with Crippen LogP contribution in [0.3, 0.4) is 0 Å². The number of aromatic nitrogens is 3. The van der Waals surface area contributed by atoms with E-state index in [0.717, 1.165) is 23.4 Å². The minimum Gasteiger partial charge on any atom is -0.353 e. The van der Waals surface area contributed by atoms with Crippen molar-refractivity contribution in [2.24, 2.45) is 0 Å². The molecular weight excluding hydrogens is 423 g/mol. The lowest BCUT2D eigenvalue weighted by molar-refractivity contribution is -0.137. The predicted molar refractivity (Wildman–Crippen MR) is 111 cm³/mol. The summed E-state index contributed by atoms with van der Waals surface area (Å²) in [5.41, 5.74) is 1.21. The number of hydrogen-bond acceptors (Lipinski definition) is 6. The Morgan fingerprint density at radius 1 is 1.06 bits per heavy atom. The second-order valence-electron chi connectivity index (χ2n) is 7.65. The second kappa shape index (κ2) is 8.97. The van der Waals surface area contributed by atoms with E-state index in [1.165, 1.54) is 6.07 Å². The number of hydrogen-bond donors (Lipinski definition) is 0. The molecule has 0 aliphatic carbocycles. The van der Waals surface area contributed by atoms with Gasteiger partial charge in [0, 0.05) is 50.8 Å². The third-order valence-corrected chi connectivity index (χ3v) is 5.36. The number of anilines is 1. The van der Waals surface area contributed by atoms with E-state index < -0.39 is 11.7 Å². The molecule has 7 nitrogen and oxygen atoms in total. The van der Waals surface area contributed by atoms with Crippen molar-refractivity contribution in [1.82, 2.24) is 20.0 Å². The predicted octanol–water partition coefficient (Wildman–Crippen LogP) is 3.74. The Balaban J connectivity index is 1.26. The summed E-state index contributed by atoms with van der Waals surface area (Å²) in [7, 11) is 0. The standard InChI is InChI=1S/C22H22F3N5O2/c1-15-2-4-16(5-3-15)21-27-19(32-28-21)8-9-20(31)30-12-10-29(11-13-30)18-7-6-17(14-26-18)22(23,24)25/h2-7,14H,8-13H2,1H3. The number of pyridine rings is 1. The fraction of sp³-hybridized carbons (Fsp3) is 0.364. The van der Waals surface area contributed by atoms with Crippen LogP contribution in [0.2, 0.25) is 0 Å². The van der Waals surface area contributed by atoms with E-state index in [0.29, 0.717) is 50.1 Å². The molecule has 1 aromatic carbocycles. The van der Waals surface area contributed by atoms with Gasteiger partial charge < -0.3 is 14.3 Å². The maximum atomic E-state index is 12.7. The van der Waals surface area contributed by atoms with Gasteiger partial charge in [0.2, 0.25) is 17.6 Å². The van der Waals surface area contributed by atoms with Crippen LogP contribution in [0.15, 0.2) is 47.1 Å². The number of alkyl halides is 3. The molecule has 1 aliphatic rings. The number of halogens is 3. The first kappa shape index (κ1) is 21.8. The van der Waals surface area contributed by atoms with E-state index in [-0.39, 0.29) is 12.3 Å². The molecule has 0 bridgehead atoms. The van der Waals surface area contributed by atoms with Gasteiger partial charge in [0.1, 0.15) is 5.82 Å². The molecule has 2 aromatic heterocycles. The van der Waals surface area contributed by atoms with Gasteiger partial charge >= 0.3 is 6.18 Å². The molecule has 1 aliphatic heterocycles. The molecule has 0 spiro atoms. The van der Waals surface area contributed by atoms with E-state index in [1.807, 2.05) is 36.1 Å².